The number of rotatable bonds is 2. The molecule has 18 heavy (non-hydrogen) atoms. The lowest BCUT2D eigenvalue weighted by Gasteiger charge is -2.18. The van der Waals surface area contributed by atoms with E-state index in [0.29, 0.717) is 5.82 Å². The second-order valence-electron chi connectivity index (χ2n) is 4.74. The van der Waals surface area contributed by atoms with Crippen molar-refractivity contribution in [1.82, 2.24) is 9.97 Å². The van der Waals surface area contributed by atoms with Gasteiger partial charge in [-0.2, -0.15) is 0 Å². The third kappa shape index (κ3) is 3.95. The summed E-state index contributed by atoms with van der Waals surface area (Å²) < 4.78 is 0. The van der Waals surface area contributed by atoms with Crippen molar-refractivity contribution >= 4 is 23.3 Å². The molecule has 0 atom stereocenters. The molecule has 1 N–H and O–H groups in total. The van der Waals surface area contributed by atoms with Crippen molar-refractivity contribution in [3.8, 4) is 0 Å². The number of hydrogen-bond acceptors (Lipinski definition) is 3. The van der Waals surface area contributed by atoms with Crippen molar-refractivity contribution in [2.24, 2.45) is 5.92 Å². The van der Waals surface area contributed by atoms with E-state index in [1.165, 1.54) is 19.3 Å². The van der Waals surface area contributed by atoms with Crippen LogP contribution in [0.15, 0.2) is 12.3 Å². The van der Waals surface area contributed by atoms with E-state index < -0.39 is 0 Å². The van der Waals surface area contributed by atoms with Gasteiger partial charge in [0.05, 0.1) is 0 Å². The van der Waals surface area contributed by atoms with E-state index in [1.54, 1.807) is 12.3 Å². The van der Waals surface area contributed by atoms with Crippen LogP contribution >= 0.6 is 11.6 Å². The minimum atomic E-state index is 0.0617. The second-order valence-corrected chi connectivity index (χ2v) is 5.08. The molecule has 5 heteroatoms. The van der Waals surface area contributed by atoms with Crippen LogP contribution in [-0.2, 0) is 4.79 Å². The highest BCUT2D eigenvalue weighted by Gasteiger charge is 2.19. The normalized spacial score (nSPS) is 17.8. The first-order valence-electron chi connectivity index (χ1n) is 6.55. The van der Waals surface area contributed by atoms with Crippen molar-refractivity contribution in [2.45, 2.75) is 44.9 Å². The summed E-state index contributed by atoms with van der Waals surface area (Å²) in [5.74, 6) is 0.660. The van der Waals surface area contributed by atoms with Crippen LogP contribution < -0.4 is 5.32 Å². The van der Waals surface area contributed by atoms with Crippen molar-refractivity contribution in [1.29, 1.82) is 0 Å². The summed E-state index contributed by atoms with van der Waals surface area (Å²) >= 11 is 5.69. The Morgan fingerprint density at radius 2 is 1.89 bits per heavy atom. The van der Waals surface area contributed by atoms with E-state index >= 15 is 0 Å². The highest BCUT2D eigenvalue weighted by Crippen LogP contribution is 2.23. The molecular formula is C13H18ClN3O. The molecule has 1 aromatic heterocycles. The molecule has 1 fully saturated rings. The molecule has 0 unspecified atom stereocenters. The molecule has 0 radical (unpaired) electrons. The van der Waals surface area contributed by atoms with Gasteiger partial charge in [-0.05, 0) is 30.5 Å². The van der Waals surface area contributed by atoms with E-state index in [-0.39, 0.29) is 17.1 Å². The molecule has 4 nitrogen and oxygen atoms in total. The zero-order valence-corrected chi connectivity index (χ0v) is 11.1. The first-order valence-corrected chi connectivity index (χ1v) is 6.93. The fourth-order valence-electron chi connectivity index (χ4n) is 2.35. The number of aromatic nitrogens is 2. The van der Waals surface area contributed by atoms with Crippen LogP contribution in [0.2, 0.25) is 5.28 Å². The third-order valence-electron chi connectivity index (χ3n) is 3.35. The Morgan fingerprint density at radius 1 is 1.22 bits per heavy atom. The van der Waals surface area contributed by atoms with Crippen LogP contribution in [0.1, 0.15) is 44.9 Å². The Labute approximate surface area is 112 Å². The summed E-state index contributed by atoms with van der Waals surface area (Å²) in [5.41, 5.74) is 0. The largest absolute Gasteiger partial charge is 0.310 e. The molecule has 0 spiro atoms. The van der Waals surface area contributed by atoms with Gasteiger partial charge in [-0.1, -0.05) is 32.1 Å². The Kier molecular flexibility index (Phi) is 4.93. The molecule has 1 aromatic rings. The van der Waals surface area contributed by atoms with Gasteiger partial charge in [-0.3, -0.25) is 4.79 Å². The fraction of sp³-hybridized carbons (Fsp3) is 0.615. The number of carbonyl (C=O) groups excluding carboxylic acids is 1. The molecule has 1 aliphatic carbocycles. The van der Waals surface area contributed by atoms with E-state index in [9.17, 15) is 4.79 Å². The maximum atomic E-state index is 12.1. The Morgan fingerprint density at radius 3 is 2.56 bits per heavy atom. The molecule has 0 saturated heterocycles. The number of nitrogens with one attached hydrogen (secondary N) is 1. The molecule has 1 aliphatic rings. The van der Waals surface area contributed by atoms with Crippen LogP contribution in [0.4, 0.5) is 5.82 Å². The van der Waals surface area contributed by atoms with Crippen LogP contribution in [-0.4, -0.2) is 15.9 Å². The van der Waals surface area contributed by atoms with Gasteiger partial charge in [-0.15, -0.1) is 0 Å². The zero-order valence-electron chi connectivity index (χ0n) is 10.4. The smallest absolute Gasteiger partial charge is 0.228 e. The van der Waals surface area contributed by atoms with E-state index in [2.05, 4.69) is 15.3 Å². The van der Waals surface area contributed by atoms with E-state index in [1.807, 2.05) is 0 Å². The van der Waals surface area contributed by atoms with Crippen molar-refractivity contribution < 1.29 is 4.79 Å². The molecule has 2 rings (SSSR count). The number of halogens is 1. The Hall–Kier alpha value is -1.16. The number of carbonyl (C=O) groups is 1. The topological polar surface area (TPSA) is 54.9 Å². The first kappa shape index (κ1) is 13.3. The first-order chi connectivity index (χ1) is 8.75. The fourth-order valence-corrected chi connectivity index (χ4v) is 2.50. The van der Waals surface area contributed by atoms with Gasteiger partial charge < -0.3 is 5.32 Å². The van der Waals surface area contributed by atoms with Gasteiger partial charge in [0.15, 0.2) is 0 Å². The van der Waals surface area contributed by atoms with Crippen LogP contribution in [0.3, 0.4) is 0 Å². The lowest BCUT2D eigenvalue weighted by molar-refractivity contribution is -0.120. The summed E-state index contributed by atoms with van der Waals surface area (Å²) in [6, 6.07) is 1.66. The average Bonchev–Trinajstić information content (AvgIpc) is 2.28. The van der Waals surface area contributed by atoms with Crippen molar-refractivity contribution in [3.63, 3.8) is 0 Å². The number of amides is 1. The summed E-state index contributed by atoms with van der Waals surface area (Å²) in [7, 11) is 0. The molecule has 1 heterocycles. The highest BCUT2D eigenvalue weighted by molar-refractivity contribution is 6.28. The van der Waals surface area contributed by atoms with Crippen LogP contribution in [0, 0.1) is 5.92 Å². The molecule has 1 saturated carbocycles. The monoisotopic (exact) mass is 267 g/mol. The van der Waals surface area contributed by atoms with E-state index in [0.717, 1.165) is 25.7 Å². The molecule has 0 aliphatic heterocycles. The van der Waals surface area contributed by atoms with Crippen LogP contribution in [0.25, 0.3) is 0 Å². The SMILES string of the molecule is O=C(Nc1ccnc(Cl)n1)C1CCCCCCC1. The van der Waals surface area contributed by atoms with Gasteiger partial charge in [0.2, 0.25) is 11.2 Å². The van der Waals surface area contributed by atoms with Crippen molar-refractivity contribution in [3.05, 3.63) is 17.5 Å². The standard InChI is InChI=1S/C13H18ClN3O/c14-13-15-9-8-11(17-13)16-12(18)10-6-4-2-1-3-5-7-10/h8-10H,1-7H2,(H,15,16,17,18). The van der Waals surface area contributed by atoms with Crippen LogP contribution in [0.5, 0.6) is 0 Å². The van der Waals surface area contributed by atoms with Gasteiger partial charge in [0.25, 0.3) is 0 Å². The summed E-state index contributed by atoms with van der Waals surface area (Å²) in [4.78, 5) is 19.9. The van der Waals surface area contributed by atoms with Gasteiger partial charge in [0, 0.05) is 12.1 Å². The Bertz CT molecular complexity index is 403. The lowest BCUT2D eigenvalue weighted by atomic mass is 9.90. The van der Waals surface area contributed by atoms with Gasteiger partial charge in [0.1, 0.15) is 5.82 Å². The molecule has 0 aromatic carbocycles. The minimum absolute atomic E-state index is 0.0617. The highest BCUT2D eigenvalue weighted by atomic mass is 35.5. The summed E-state index contributed by atoms with van der Waals surface area (Å²) in [5, 5.41) is 2.98. The zero-order chi connectivity index (χ0) is 12.8. The average molecular weight is 268 g/mol. The maximum Gasteiger partial charge on any atom is 0.228 e. The molecular weight excluding hydrogens is 250 g/mol. The van der Waals surface area contributed by atoms with Crippen molar-refractivity contribution in [2.75, 3.05) is 5.32 Å². The number of nitrogens with zero attached hydrogens (tertiary/aromatic N) is 2. The number of anilines is 1. The van der Waals surface area contributed by atoms with Gasteiger partial charge >= 0.3 is 0 Å². The van der Waals surface area contributed by atoms with Gasteiger partial charge in [-0.25, -0.2) is 9.97 Å². The maximum absolute atomic E-state index is 12.1. The molecule has 0 bridgehead atoms. The summed E-state index contributed by atoms with van der Waals surface area (Å²) in [6.45, 7) is 0. The minimum Gasteiger partial charge on any atom is -0.310 e. The quantitative estimate of drug-likeness (QED) is 0.835. The molecule has 1 amide bonds. The van der Waals surface area contributed by atoms with E-state index in [4.69, 9.17) is 11.6 Å². The second kappa shape index (κ2) is 6.69. The Balaban J connectivity index is 1.93. The number of hydrogen-bond donors (Lipinski definition) is 1. The third-order valence-corrected chi connectivity index (χ3v) is 3.54. The predicted octanol–water partition coefficient (Wildman–Crippen LogP) is 3.43. The predicted molar refractivity (Wildman–Crippen MR) is 71.5 cm³/mol. The summed E-state index contributed by atoms with van der Waals surface area (Å²) in [6.07, 6.45) is 9.56. The lowest BCUT2D eigenvalue weighted by Crippen LogP contribution is -2.24. The molecule has 98 valence electrons.